The Labute approximate surface area is 491 Å². The largest absolute Gasteiger partial charge is 0.311 e. The molecule has 0 spiro atoms. The zero-order chi connectivity index (χ0) is 56.6. The first kappa shape index (κ1) is 51.9. The maximum Gasteiger partial charge on any atom is 0.100 e. The van der Waals surface area contributed by atoms with Crippen molar-refractivity contribution in [3.63, 3.8) is 0 Å². The van der Waals surface area contributed by atoms with Crippen LogP contribution in [0, 0.1) is 22.7 Å². The van der Waals surface area contributed by atoms with Gasteiger partial charge in [-0.1, -0.05) is 255 Å². The Morgan fingerprint density at radius 2 is 0.310 bits per heavy atom. The van der Waals surface area contributed by atoms with E-state index in [1.807, 2.05) is 84.9 Å². The minimum Gasteiger partial charge on any atom is -0.311 e. The third kappa shape index (κ3) is 10.4. The second-order valence-corrected chi connectivity index (χ2v) is 20.6. The predicted octanol–water partition coefficient (Wildman–Crippen LogP) is 21.7. The van der Waals surface area contributed by atoms with Crippen molar-refractivity contribution in [3.05, 3.63) is 339 Å². The summed E-state index contributed by atoms with van der Waals surface area (Å²) in [5.74, 6) is 0. The van der Waals surface area contributed by atoms with Crippen molar-refractivity contribution in [2.45, 2.75) is 0 Å². The lowest BCUT2D eigenvalue weighted by molar-refractivity contribution is 1.28. The van der Waals surface area contributed by atoms with E-state index < -0.39 is 0 Å². The molecule has 0 radical (unpaired) electrons. The third-order valence-electron chi connectivity index (χ3n) is 15.6. The highest BCUT2D eigenvalue weighted by atomic mass is 15.1. The van der Waals surface area contributed by atoms with Crippen LogP contribution in [0.2, 0.25) is 0 Å². The summed E-state index contributed by atoms with van der Waals surface area (Å²) >= 11 is 0. The van der Waals surface area contributed by atoms with Crippen molar-refractivity contribution in [1.29, 1.82) is 10.5 Å². The number of nitrogens with zero attached hydrogens (tertiary/aromatic N) is 4. The predicted molar refractivity (Wildman–Crippen MR) is 349 cm³/mol. The molecule has 0 saturated carbocycles. The van der Waals surface area contributed by atoms with Crippen LogP contribution in [-0.4, -0.2) is 0 Å². The van der Waals surface area contributed by atoms with E-state index >= 15 is 0 Å². The second-order valence-electron chi connectivity index (χ2n) is 20.6. The molecule has 0 aliphatic rings. The van der Waals surface area contributed by atoms with Crippen LogP contribution >= 0.6 is 0 Å². The Morgan fingerprint density at radius 1 is 0.167 bits per heavy atom. The molecule has 4 heteroatoms. The van der Waals surface area contributed by atoms with Crippen LogP contribution in [-0.2, 0) is 0 Å². The Bertz CT molecular complexity index is 3980. The van der Waals surface area contributed by atoms with E-state index in [4.69, 9.17) is 0 Å². The summed E-state index contributed by atoms with van der Waals surface area (Å²) in [6, 6.07) is 119. The van der Waals surface area contributed by atoms with Gasteiger partial charge < -0.3 is 9.80 Å². The van der Waals surface area contributed by atoms with Gasteiger partial charge in [0.2, 0.25) is 0 Å². The Hall–Kier alpha value is -11.6. The summed E-state index contributed by atoms with van der Waals surface area (Å²) in [6.45, 7) is 0. The molecule has 0 saturated heterocycles. The summed E-state index contributed by atoms with van der Waals surface area (Å²) in [7, 11) is 0. The van der Waals surface area contributed by atoms with E-state index in [-0.39, 0.29) is 0 Å². The van der Waals surface area contributed by atoms with Gasteiger partial charge in [-0.2, -0.15) is 10.5 Å². The molecule has 13 rings (SSSR count). The van der Waals surface area contributed by atoms with Crippen molar-refractivity contribution < 1.29 is 0 Å². The first-order valence-corrected chi connectivity index (χ1v) is 28.2. The summed E-state index contributed by atoms with van der Waals surface area (Å²) in [6.07, 6.45) is 0. The first-order chi connectivity index (χ1) is 41.6. The topological polar surface area (TPSA) is 54.1 Å². The van der Waals surface area contributed by atoms with Gasteiger partial charge in [0.25, 0.3) is 0 Å². The minimum absolute atomic E-state index is 0.481. The van der Waals surface area contributed by atoms with Crippen molar-refractivity contribution in [3.8, 4) is 101 Å². The fourth-order valence-corrected chi connectivity index (χ4v) is 11.5. The van der Waals surface area contributed by atoms with Crippen molar-refractivity contribution in [1.82, 2.24) is 0 Å². The van der Waals surface area contributed by atoms with E-state index in [9.17, 15) is 10.5 Å². The van der Waals surface area contributed by atoms with Crippen LogP contribution in [0.25, 0.3) is 89.0 Å². The number of hydrogen-bond donors (Lipinski definition) is 0. The van der Waals surface area contributed by atoms with Gasteiger partial charge in [0.15, 0.2) is 0 Å². The summed E-state index contributed by atoms with van der Waals surface area (Å²) in [4.78, 5) is 4.53. The first-order valence-electron chi connectivity index (χ1n) is 28.2. The second kappa shape index (κ2) is 23.6. The van der Waals surface area contributed by atoms with Gasteiger partial charge in [0.1, 0.15) is 12.1 Å². The molecule has 394 valence electrons. The van der Waals surface area contributed by atoms with Crippen LogP contribution in [0.15, 0.2) is 328 Å². The van der Waals surface area contributed by atoms with Gasteiger partial charge in [-0.3, -0.25) is 0 Å². The standard InChI is InChI=1S/C80H54N4/c81-55-75-78(66-29-17-6-18-30-66)80(68-41-53-74(54-42-68)84(71-47-35-63(36-48-71)59-23-11-3-12-24-59)72-49-37-64(38-50-72)60-25-13-4-14-26-60)76(56-82)77(65-27-15-5-16-28-65)79(75)67-39-51-73(52-40-67)83(69-43-31-61(32-44-69)57-19-7-1-8-20-57)70-45-33-62(34-46-70)58-21-9-2-10-22-58/h1-54H. The number of benzene rings is 13. The molecule has 0 fully saturated rings. The van der Waals surface area contributed by atoms with Crippen LogP contribution in [0.3, 0.4) is 0 Å². The molecule has 0 aliphatic carbocycles. The summed E-state index contributed by atoms with van der Waals surface area (Å²) in [5, 5.41) is 23.6. The fraction of sp³-hybridized carbons (Fsp3) is 0. The lowest BCUT2D eigenvalue weighted by Crippen LogP contribution is -2.10. The molecule has 4 nitrogen and oxygen atoms in total. The SMILES string of the molecule is N#Cc1c(-c2ccccc2)c(-c2ccc(N(c3ccc(-c4ccccc4)cc3)c3ccc(-c4ccccc4)cc3)cc2)c(C#N)c(-c2ccccc2)c1-c1ccc(N(c2ccc(-c3ccccc3)cc2)c2ccc(-c3ccccc3)cc2)cc1. The molecule has 0 atom stereocenters. The average Bonchev–Trinajstić information content (AvgIpc) is 2.17. The Morgan fingerprint density at radius 3 is 0.488 bits per heavy atom. The van der Waals surface area contributed by atoms with Gasteiger partial charge in [-0.25, -0.2) is 0 Å². The molecule has 0 heterocycles. The molecule has 0 N–H and O–H groups in total. The molecule has 0 aliphatic heterocycles. The van der Waals surface area contributed by atoms with E-state index in [1.165, 1.54) is 0 Å². The Balaban J connectivity index is 0.949. The van der Waals surface area contributed by atoms with E-state index in [0.29, 0.717) is 33.4 Å². The fourth-order valence-electron chi connectivity index (χ4n) is 11.5. The number of hydrogen-bond acceptors (Lipinski definition) is 4. The van der Waals surface area contributed by atoms with Gasteiger partial charge in [-0.05, 0) is 140 Å². The van der Waals surface area contributed by atoms with Crippen molar-refractivity contribution >= 4 is 34.1 Å². The minimum atomic E-state index is 0.481. The van der Waals surface area contributed by atoms with Gasteiger partial charge in [0, 0.05) is 56.4 Å². The average molecular weight is 1070 g/mol. The van der Waals surface area contributed by atoms with Crippen LogP contribution in [0.4, 0.5) is 34.1 Å². The molecular weight excluding hydrogens is 1020 g/mol. The molecule has 84 heavy (non-hydrogen) atoms. The highest BCUT2D eigenvalue weighted by Gasteiger charge is 2.28. The monoisotopic (exact) mass is 1070 g/mol. The number of rotatable bonds is 14. The summed E-state index contributed by atoms with van der Waals surface area (Å²) in [5.41, 5.74) is 22.0. The van der Waals surface area contributed by atoms with Crippen molar-refractivity contribution in [2.75, 3.05) is 9.80 Å². The lowest BCUT2D eigenvalue weighted by Gasteiger charge is -2.27. The molecule has 0 unspecified atom stereocenters. The number of nitriles is 2. The molecule has 13 aromatic carbocycles. The summed E-state index contributed by atoms with van der Waals surface area (Å²) < 4.78 is 0. The van der Waals surface area contributed by atoms with Gasteiger partial charge in [-0.15, -0.1) is 0 Å². The Kier molecular flexibility index (Phi) is 14.6. The van der Waals surface area contributed by atoms with E-state index in [0.717, 1.165) is 101 Å². The number of anilines is 6. The van der Waals surface area contributed by atoms with Crippen LogP contribution in [0.5, 0.6) is 0 Å². The van der Waals surface area contributed by atoms with E-state index in [2.05, 4.69) is 265 Å². The third-order valence-corrected chi connectivity index (χ3v) is 15.6. The van der Waals surface area contributed by atoms with Gasteiger partial charge >= 0.3 is 0 Å². The van der Waals surface area contributed by atoms with Gasteiger partial charge in [0.05, 0.1) is 11.1 Å². The molecular formula is C80H54N4. The van der Waals surface area contributed by atoms with Crippen LogP contribution in [0.1, 0.15) is 11.1 Å². The maximum absolute atomic E-state index is 11.8. The molecule has 0 amide bonds. The maximum atomic E-state index is 11.8. The zero-order valence-corrected chi connectivity index (χ0v) is 46.0. The van der Waals surface area contributed by atoms with Crippen molar-refractivity contribution in [2.24, 2.45) is 0 Å². The molecule has 0 bridgehead atoms. The van der Waals surface area contributed by atoms with Crippen LogP contribution < -0.4 is 9.80 Å². The molecule has 13 aromatic rings. The molecule has 0 aromatic heterocycles. The lowest BCUT2D eigenvalue weighted by atomic mass is 9.78. The highest BCUT2D eigenvalue weighted by molar-refractivity contribution is 6.04. The normalized spacial score (nSPS) is 10.8. The van der Waals surface area contributed by atoms with E-state index in [1.54, 1.807) is 0 Å². The highest BCUT2D eigenvalue weighted by Crippen LogP contribution is 2.50. The quantitative estimate of drug-likeness (QED) is 0.109. The zero-order valence-electron chi connectivity index (χ0n) is 46.0. The smallest absolute Gasteiger partial charge is 0.100 e.